The van der Waals surface area contributed by atoms with Gasteiger partial charge in [0.2, 0.25) is 0 Å². The van der Waals surface area contributed by atoms with Crippen molar-refractivity contribution < 1.29 is 23.1 Å². The second-order valence-corrected chi connectivity index (χ2v) is 6.23. The number of carbonyl (C=O) groups excluding carboxylic acids is 2. The Labute approximate surface area is 166 Å². The fraction of sp³-hybridized carbons (Fsp3) is 0.263. The molecule has 2 amide bonds. The highest BCUT2D eigenvalue weighted by atomic mass is 35.5. The number of nitrogens with two attached hydrogens (primary N) is 1. The molecule has 4 N–H and O–H groups in total. The molecule has 0 bridgehead atoms. The van der Waals surface area contributed by atoms with Gasteiger partial charge in [0.05, 0.1) is 13.1 Å². The molecule has 3 rings (SSSR count). The lowest BCUT2D eigenvalue weighted by molar-refractivity contribution is -0.122. The molecular weight excluding hydrogens is 392 g/mol. The van der Waals surface area contributed by atoms with Crippen molar-refractivity contribution in [2.75, 3.05) is 18.4 Å². The standard InChI is InChI=1S/C19H19F2N3O3.ClH/c20-19(21,10-22)11-23-17(25)13-5-3-6-14(8-13)24-18(26)16-9-12-4-1-2-7-15(12)27-16;/h1-8,16H,9-11,22H2,(H,23,25)(H,24,26);1H. The van der Waals surface area contributed by atoms with E-state index in [1.165, 1.54) is 12.1 Å². The third-order valence-corrected chi connectivity index (χ3v) is 4.14. The molecule has 150 valence electrons. The summed E-state index contributed by atoms with van der Waals surface area (Å²) >= 11 is 0. The Balaban J connectivity index is 0.00000280. The van der Waals surface area contributed by atoms with Crippen LogP contribution in [0, 0.1) is 0 Å². The summed E-state index contributed by atoms with van der Waals surface area (Å²) in [6, 6.07) is 13.4. The molecule has 6 nitrogen and oxygen atoms in total. The van der Waals surface area contributed by atoms with Crippen molar-refractivity contribution in [3.05, 3.63) is 59.7 Å². The number of hydrogen-bond acceptors (Lipinski definition) is 4. The van der Waals surface area contributed by atoms with Gasteiger partial charge in [0.25, 0.3) is 17.7 Å². The molecule has 28 heavy (non-hydrogen) atoms. The second kappa shape index (κ2) is 8.99. The molecule has 0 radical (unpaired) electrons. The minimum absolute atomic E-state index is 0. The van der Waals surface area contributed by atoms with Gasteiger partial charge >= 0.3 is 0 Å². The molecule has 0 aromatic heterocycles. The first-order chi connectivity index (χ1) is 12.9. The Morgan fingerprint density at radius 3 is 2.64 bits per heavy atom. The van der Waals surface area contributed by atoms with Crippen LogP contribution >= 0.6 is 12.4 Å². The van der Waals surface area contributed by atoms with Gasteiger partial charge in [0.15, 0.2) is 6.10 Å². The number of hydrogen-bond donors (Lipinski definition) is 3. The number of carbonyl (C=O) groups is 2. The normalized spacial score (nSPS) is 15.0. The smallest absolute Gasteiger partial charge is 0.277 e. The molecule has 1 aliphatic rings. The lowest BCUT2D eigenvalue weighted by Gasteiger charge is -2.15. The highest BCUT2D eigenvalue weighted by molar-refractivity contribution is 5.98. The minimum atomic E-state index is -3.17. The van der Waals surface area contributed by atoms with E-state index in [1.807, 2.05) is 18.2 Å². The quantitative estimate of drug-likeness (QED) is 0.680. The summed E-state index contributed by atoms with van der Waals surface area (Å²) in [7, 11) is 0. The highest BCUT2D eigenvalue weighted by Crippen LogP contribution is 2.28. The van der Waals surface area contributed by atoms with Crippen LogP contribution in [0.25, 0.3) is 0 Å². The lowest BCUT2D eigenvalue weighted by atomic mass is 10.1. The van der Waals surface area contributed by atoms with Gasteiger partial charge in [-0.2, -0.15) is 0 Å². The Morgan fingerprint density at radius 1 is 1.18 bits per heavy atom. The SMILES string of the molecule is Cl.NCC(F)(F)CNC(=O)c1cccc(NC(=O)C2Cc3ccccc3O2)c1. The molecule has 9 heteroatoms. The van der Waals surface area contributed by atoms with Gasteiger partial charge in [-0.05, 0) is 29.8 Å². The average Bonchev–Trinajstić information content (AvgIpc) is 3.11. The number of rotatable bonds is 6. The molecule has 2 aromatic rings. The number of ether oxygens (including phenoxy) is 1. The number of fused-ring (bicyclic) bond motifs is 1. The van der Waals surface area contributed by atoms with E-state index in [-0.39, 0.29) is 23.9 Å². The van der Waals surface area contributed by atoms with Crippen LogP contribution in [0.1, 0.15) is 15.9 Å². The summed E-state index contributed by atoms with van der Waals surface area (Å²) in [5.74, 6) is -3.52. The van der Waals surface area contributed by atoms with Crippen LogP contribution in [0.5, 0.6) is 5.75 Å². The van der Waals surface area contributed by atoms with Crippen LogP contribution in [-0.4, -0.2) is 36.9 Å². The van der Waals surface area contributed by atoms with Crippen LogP contribution in [0.3, 0.4) is 0 Å². The third kappa shape index (κ3) is 5.17. The maximum absolute atomic E-state index is 13.2. The van der Waals surface area contributed by atoms with E-state index in [9.17, 15) is 18.4 Å². The van der Waals surface area contributed by atoms with E-state index in [1.54, 1.807) is 18.2 Å². The van der Waals surface area contributed by atoms with Gasteiger partial charge < -0.3 is 21.1 Å². The molecule has 1 heterocycles. The van der Waals surface area contributed by atoms with E-state index in [4.69, 9.17) is 10.5 Å². The van der Waals surface area contributed by atoms with Crippen molar-refractivity contribution in [2.45, 2.75) is 18.4 Å². The van der Waals surface area contributed by atoms with Crippen molar-refractivity contribution in [3.63, 3.8) is 0 Å². The number of amides is 2. The molecule has 0 fully saturated rings. The monoisotopic (exact) mass is 411 g/mol. The first kappa shape index (κ1) is 21.6. The van der Waals surface area contributed by atoms with Crippen molar-refractivity contribution in [2.24, 2.45) is 5.73 Å². The fourth-order valence-electron chi connectivity index (χ4n) is 2.67. The summed E-state index contributed by atoms with van der Waals surface area (Å²) in [5.41, 5.74) is 6.41. The van der Waals surface area contributed by atoms with Crippen LogP contribution in [0.15, 0.2) is 48.5 Å². The zero-order valence-electron chi connectivity index (χ0n) is 14.8. The maximum atomic E-state index is 13.2. The summed E-state index contributed by atoms with van der Waals surface area (Å²) in [6.07, 6.45) is -0.209. The van der Waals surface area contributed by atoms with Crippen LogP contribution in [0.2, 0.25) is 0 Å². The first-order valence-corrected chi connectivity index (χ1v) is 8.39. The molecule has 0 spiro atoms. The van der Waals surface area contributed by atoms with Crippen LogP contribution < -0.4 is 21.1 Å². The van der Waals surface area contributed by atoms with E-state index < -0.39 is 31.0 Å². The van der Waals surface area contributed by atoms with E-state index in [0.717, 1.165) is 5.56 Å². The second-order valence-electron chi connectivity index (χ2n) is 6.23. The molecule has 2 aromatic carbocycles. The molecule has 1 unspecified atom stereocenters. The molecule has 0 saturated carbocycles. The molecule has 1 aliphatic heterocycles. The van der Waals surface area contributed by atoms with Crippen molar-refractivity contribution in [1.29, 1.82) is 0 Å². The van der Waals surface area contributed by atoms with Crippen LogP contribution in [-0.2, 0) is 11.2 Å². The summed E-state index contributed by atoms with van der Waals surface area (Å²) in [4.78, 5) is 24.4. The molecule has 0 aliphatic carbocycles. The zero-order valence-corrected chi connectivity index (χ0v) is 15.6. The molecule has 0 saturated heterocycles. The third-order valence-electron chi connectivity index (χ3n) is 4.14. The first-order valence-electron chi connectivity index (χ1n) is 8.39. The van der Waals surface area contributed by atoms with Crippen molar-refractivity contribution in [3.8, 4) is 5.75 Å². The Hall–Kier alpha value is -2.71. The van der Waals surface area contributed by atoms with E-state index >= 15 is 0 Å². The van der Waals surface area contributed by atoms with Crippen molar-refractivity contribution in [1.82, 2.24) is 5.32 Å². The van der Waals surface area contributed by atoms with Crippen molar-refractivity contribution >= 4 is 29.9 Å². The van der Waals surface area contributed by atoms with E-state index in [0.29, 0.717) is 17.9 Å². The predicted molar refractivity (Wildman–Crippen MR) is 103 cm³/mol. The fourth-order valence-corrected chi connectivity index (χ4v) is 2.67. The number of alkyl halides is 2. The summed E-state index contributed by atoms with van der Waals surface area (Å²) in [5, 5.41) is 4.82. The predicted octanol–water partition coefficient (Wildman–Crippen LogP) is 2.37. The number of nitrogens with one attached hydrogen (secondary N) is 2. The van der Waals surface area contributed by atoms with Gasteiger partial charge in [-0.25, -0.2) is 8.78 Å². The number of halogens is 3. The number of para-hydroxylation sites is 1. The summed E-state index contributed by atoms with van der Waals surface area (Å²) in [6.45, 7) is -1.71. The lowest BCUT2D eigenvalue weighted by Crippen LogP contribution is -2.41. The van der Waals surface area contributed by atoms with Crippen LogP contribution in [0.4, 0.5) is 14.5 Å². The minimum Gasteiger partial charge on any atom is -0.480 e. The molecule has 1 atom stereocenters. The topological polar surface area (TPSA) is 93.5 Å². The van der Waals surface area contributed by atoms with Gasteiger partial charge in [-0.1, -0.05) is 24.3 Å². The van der Waals surface area contributed by atoms with Gasteiger partial charge in [0, 0.05) is 17.7 Å². The Kier molecular flexibility index (Phi) is 6.93. The molecular formula is C19H20ClF2N3O3. The largest absolute Gasteiger partial charge is 0.480 e. The zero-order chi connectivity index (χ0) is 19.4. The number of benzene rings is 2. The van der Waals surface area contributed by atoms with Gasteiger partial charge in [-0.15, -0.1) is 12.4 Å². The Bertz CT molecular complexity index is 839. The van der Waals surface area contributed by atoms with Gasteiger partial charge in [-0.3, -0.25) is 9.59 Å². The van der Waals surface area contributed by atoms with Gasteiger partial charge in [0.1, 0.15) is 5.75 Å². The summed E-state index contributed by atoms with van der Waals surface area (Å²) < 4.78 is 31.9. The Morgan fingerprint density at radius 2 is 1.93 bits per heavy atom. The highest BCUT2D eigenvalue weighted by Gasteiger charge is 2.29. The number of anilines is 1. The maximum Gasteiger partial charge on any atom is 0.277 e. The average molecular weight is 412 g/mol. The van der Waals surface area contributed by atoms with E-state index in [2.05, 4.69) is 10.6 Å².